The van der Waals surface area contributed by atoms with Crippen LogP contribution in [0.4, 0.5) is 0 Å². The van der Waals surface area contributed by atoms with Crippen LogP contribution in [0.15, 0.2) is 0 Å². The average Bonchev–Trinajstić information content (AvgIpc) is 1.57. The minimum absolute atomic E-state index is 0. The molecule has 0 spiro atoms. The lowest BCUT2D eigenvalue weighted by atomic mass is 9.50. The van der Waals surface area contributed by atoms with Crippen LogP contribution < -0.4 is 0 Å². The first-order chi connectivity index (χ1) is 43.3. The Labute approximate surface area is 622 Å². The molecule has 14 fully saturated rings. The van der Waals surface area contributed by atoms with Gasteiger partial charge in [-0.15, -0.1) is 0 Å². The van der Waals surface area contributed by atoms with Gasteiger partial charge < -0.3 is 37.9 Å². The third kappa shape index (κ3) is 17.7. The van der Waals surface area contributed by atoms with Crippen molar-refractivity contribution in [2.45, 2.75) is 382 Å². The maximum atomic E-state index is 13.7. The molecule has 14 aliphatic rings. The quantitative estimate of drug-likeness (QED) is 0.0491. The molecule has 594 valence electrons. The topological polar surface area (TPSA) is 159 Å². The summed E-state index contributed by atoms with van der Waals surface area (Å²) in [4.78, 5) is 62.1. The molecule has 14 bridgehead atoms. The summed E-state index contributed by atoms with van der Waals surface area (Å²) in [5.41, 5.74) is 0.334. The highest BCUT2D eigenvalue weighted by Gasteiger charge is 2.69. The van der Waals surface area contributed by atoms with Gasteiger partial charge in [0.2, 0.25) is 0 Å². The van der Waals surface area contributed by atoms with Crippen LogP contribution in [0.3, 0.4) is 0 Å². The zero-order valence-corrected chi connectivity index (χ0v) is 62.4. The second-order valence-electron chi connectivity index (χ2n) is 38.0. The number of ether oxygens (including phenoxy) is 8. The lowest BCUT2D eigenvalue weighted by Gasteiger charge is -2.59. The predicted octanol–water partition coefficient (Wildman–Crippen LogP) is 23.2. The molecule has 13 heteroatoms. The highest BCUT2D eigenvalue weighted by atomic mass is 16.7. The largest absolute Gasteiger partial charge is 0.462 e. The van der Waals surface area contributed by atoms with Crippen LogP contribution in [0.2, 0.25) is 0 Å². The number of rotatable bonds is 20. The molecule has 0 heterocycles. The van der Waals surface area contributed by atoms with Crippen molar-refractivity contribution in [1.82, 2.24) is 0 Å². The van der Waals surface area contributed by atoms with Crippen LogP contribution in [0.25, 0.3) is 0 Å². The maximum Gasteiger partial charge on any atom is 0.313 e. The lowest BCUT2D eigenvalue weighted by molar-refractivity contribution is -0.215. The van der Waals surface area contributed by atoms with Crippen molar-refractivity contribution in [2.75, 3.05) is 13.6 Å². The zero-order valence-electron chi connectivity index (χ0n) is 62.4. The molecule has 14 saturated carbocycles. The van der Waals surface area contributed by atoms with Gasteiger partial charge in [-0.25, -0.2) is 0 Å². The van der Waals surface area contributed by atoms with Crippen LogP contribution >= 0.6 is 0 Å². The van der Waals surface area contributed by atoms with Gasteiger partial charge in [-0.1, -0.05) is 163 Å². The van der Waals surface area contributed by atoms with E-state index in [9.17, 15) is 24.0 Å². The van der Waals surface area contributed by atoms with Crippen LogP contribution in [0, 0.1) is 138 Å². The molecular formula is C88H164O13. The van der Waals surface area contributed by atoms with Gasteiger partial charge in [-0.05, 0) is 292 Å². The van der Waals surface area contributed by atoms with Crippen molar-refractivity contribution in [2.24, 2.45) is 138 Å². The number of hydrogen-bond acceptors (Lipinski definition) is 13. The second-order valence-corrected chi connectivity index (χ2v) is 38.0. The molecule has 0 aromatic rings. The van der Waals surface area contributed by atoms with Gasteiger partial charge in [0.05, 0.1) is 46.9 Å². The third-order valence-electron chi connectivity index (χ3n) is 30.2. The van der Waals surface area contributed by atoms with E-state index in [1.807, 2.05) is 69.2 Å². The summed E-state index contributed by atoms with van der Waals surface area (Å²) < 4.78 is 47.0. The van der Waals surface area contributed by atoms with E-state index in [0.717, 1.165) is 74.0 Å². The van der Waals surface area contributed by atoms with Gasteiger partial charge in [-0.3, -0.25) is 24.0 Å². The zero-order chi connectivity index (χ0) is 68.1. The van der Waals surface area contributed by atoms with Crippen LogP contribution in [-0.2, 0) is 61.9 Å². The molecule has 14 rings (SSSR count). The minimum atomic E-state index is -0.447. The van der Waals surface area contributed by atoms with E-state index in [-0.39, 0.29) is 183 Å². The van der Waals surface area contributed by atoms with Crippen molar-refractivity contribution < 1.29 is 61.9 Å². The Bertz CT molecular complexity index is 2650. The fourth-order valence-corrected chi connectivity index (χ4v) is 23.5. The van der Waals surface area contributed by atoms with Crippen molar-refractivity contribution in [1.29, 1.82) is 0 Å². The first kappa shape index (κ1) is 94.3. The Balaban J connectivity index is 0.000000462. The van der Waals surface area contributed by atoms with Crippen LogP contribution in [-0.4, -0.2) is 79.7 Å². The van der Waals surface area contributed by atoms with Gasteiger partial charge in [-0.2, -0.15) is 0 Å². The Morgan fingerprint density at radius 1 is 0.455 bits per heavy atom. The number of esters is 5. The first-order valence-electron chi connectivity index (χ1n) is 38.2. The van der Waals surface area contributed by atoms with E-state index in [2.05, 4.69) is 76.2 Å². The first-order valence-corrected chi connectivity index (χ1v) is 38.2. The molecular weight excluding hydrogens is 1260 g/mol. The van der Waals surface area contributed by atoms with Gasteiger partial charge in [0.15, 0.2) is 19.9 Å². The number of hydrogen-bond donors (Lipinski definition) is 0. The molecule has 0 amide bonds. The molecule has 101 heavy (non-hydrogen) atoms. The Kier molecular flexibility index (Phi) is 32.3. The van der Waals surface area contributed by atoms with E-state index in [0.29, 0.717) is 41.4 Å². The van der Waals surface area contributed by atoms with Crippen LogP contribution in [0.5, 0.6) is 0 Å². The molecule has 0 aliphatic heterocycles. The smallest absolute Gasteiger partial charge is 0.313 e. The van der Waals surface area contributed by atoms with E-state index in [1.54, 1.807) is 0 Å². The summed E-state index contributed by atoms with van der Waals surface area (Å²) in [5.74, 6) is 8.52. The summed E-state index contributed by atoms with van der Waals surface area (Å²) in [6, 6.07) is 0. The summed E-state index contributed by atoms with van der Waals surface area (Å²) in [6.45, 7) is 44.8. The second kappa shape index (κ2) is 34.6. The molecule has 0 aromatic carbocycles. The standard InChI is InChI=1S/C30H44O4.2C17H30O3.C16H28O3.8CH4/c1-5-29(2,3)28(32)33-24-14-18-13-23(24)26-21-11-17(25(18)26)12-22(21)27(31)34-30(4)19-7-15-6-16(9-19)10-20(30)8-15;1-7-15(2,3)14(18)20-11-19-13-16(4,5)12-8-9-17(13,6)10-12;1-7-11(2)14(18)19-12(3)20-15-16(4,5)13-8-9-17(15,6)10-13;1-6-11(2)13(17)18-10-19-14-15(3,4)12-7-8-16(14,5)9-12;;;;;;;;/h15-26H,5-14H2,1-4H3;12-13H,7-11H2,1-6H3;11-13,15H,7-10H2,1-6H3;11-12,14H,6-10H2,1-5H3;8*1H4. The molecule has 0 radical (unpaired) electrons. The van der Waals surface area contributed by atoms with E-state index in [1.165, 1.54) is 103 Å². The normalized spacial score (nSPS) is 39.6. The van der Waals surface area contributed by atoms with Crippen molar-refractivity contribution in [3.05, 3.63) is 0 Å². The number of fused-ring (bicyclic) bond motifs is 15. The number of carbonyl (C=O) groups is 5. The van der Waals surface area contributed by atoms with Gasteiger partial charge in [0, 0.05) is 0 Å². The van der Waals surface area contributed by atoms with E-state index in [4.69, 9.17) is 37.9 Å². The third-order valence-corrected chi connectivity index (χ3v) is 30.2. The monoisotopic (exact) mass is 1430 g/mol. The lowest BCUT2D eigenvalue weighted by Crippen LogP contribution is -2.58. The summed E-state index contributed by atoms with van der Waals surface area (Å²) >= 11 is 0. The molecule has 20 unspecified atom stereocenters. The molecule has 0 N–H and O–H groups in total. The summed E-state index contributed by atoms with van der Waals surface area (Å²) in [7, 11) is 0. The summed E-state index contributed by atoms with van der Waals surface area (Å²) in [6.07, 6.45) is 25.9. The van der Waals surface area contributed by atoms with Crippen molar-refractivity contribution in [3.8, 4) is 0 Å². The summed E-state index contributed by atoms with van der Waals surface area (Å²) in [5, 5.41) is 0. The van der Waals surface area contributed by atoms with E-state index < -0.39 is 17.1 Å². The Morgan fingerprint density at radius 3 is 1.29 bits per heavy atom. The average molecular weight is 1430 g/mol. The highest BCUT2D eigenvalue weighted by Crippen LogP contribution is 2.71. The number of carbonyl (C=O) groups excluding carboxylic acids is 5. The highest BCUT2D eigenvalue weighted by molar-refractivity contribution is 5.77. The molecule has 0 saturated heterocycles. The SMILES string of the molecule is C.C.C.C.C.C.C.C.CCC(C)(C)C(=O)OC1CC2CC1C1C3CC(CC3C(=O)OC3(C)C4CC5CC(C4)CC3C5)C21.CCC(C)(C)C(=O)OCOC1C2(C)CCC(C2)C1(C)C.CCC(C)C(=O)OC(C)OC1C2(C)CCC(C2)C1(C)C.CCC(C)C(=O)OCOC1C2(C)CCC(C2)C1(C)C. The molecule has 20 atom stereocenters. The fraction of sp³-hybridized carbons (Fsp3) is 0.943. The predicted molar refractivity (Wildman–Crippen MR) is 415 cm³/mol. The van der Waals surface area contributed by atoms with Crippen molar-refractivity contribution in [3.63, 3.8) is 0 Å². The van der Waals surface area contributed by atoms with Crippen molar-refractivity contribution >= 4 is 29.8 Å². The Hall–Kier alpha value is -2.77. The maximum absolute atomic E-state index is 13.7. The van der Waals surface area contributed by atoms with Gasteiger partial charge in [0.25, 0.3) is 0 Å². The van der Waals surface area contributed by atoms with Gasteiger partial charge in [0.1, 0.15) is 11.7 Å². The minimum Gasteiger partial charge on any atom is -0.462 e. The fourth-order valence-electron chi connectivity index (χ4n) is 23.5. The van der Waals surface area contributed by atoms with E-state index >= 15 is 0 Å². The Morgan fingerprint density at radius 2 is 0.861 bits per heavy atom. The van der Waals surface area contributed by atoms with Crippen LogP contribution in [0.1, 0.15) is 346 Å². The molecule has 0 aromatic heterocycles. The van der Waals surface area contributed by atoms with Gasteiger partial charge >= 0.3 is 29.8 Å². The molecule has 13 nitrogen and oxygen atoms in total. The molecule has 14 aliphatic carbocycles.